The average Bonchev–Trinajstić information content (AvgIpc) is 2.26. The van der Waals surface area contributed by atoms with Gasteiger partial charge in [0.1, 0.15) is 5.75 Å². The third-order valence-corrected chi connectivity index (χ3v) is 3.19. The molecule has 0 radical (unpaired) electrons. The molecule has 0 fully saturated rings. The number of hydrogen-bond acceptors (Lipinski definition) is 2. The molecule has 0 heterocycles. The van der Waals surface area contributed by atoms with Crippen LogP contribution in [0.25, 0.3) is 0 Å². The Morgan fingerprint density at radius 2 is 1.87 bits per heavy atom. The van der Waals surface area contributed by atoms with Crippen molar-refractivity contribution in [2.24, 2.45) is 0 Å². The van der Waals surface area contributed by atoms with E-state index < -0.39 is 0 Å². The zero-order valence-electron chi connectivity index (χ0n) is 9.34. The molecule has 82 valence electrons. The molecule has 2 rings (SSSR count). The third kappa shape index (κ3) is 2.32. The fourth-order valence-corrected chi connectivity index (χ4v) is 2.28. The number of benzene rings is 1. The van der Waals surface area contributed by atoms with Crippen molar-refractivity contribution in [1.29, 1.82) is 0 Å². The number of phenolic OH excluding ortho intramolecular Hbond substituents is 1. The van der Waals surface area contributed by atoms with Crippen LogP contribution < -0.4 is 5.32 Å². The zero-order valence-corrected chi connectivity index (χ0v) is 9.34. The molecule has 0 saturated heterocycles. The van der Waals surface area contributed by atoms with E-state index in [0.717, 1.165) is 24.9 Å². The molecule has 1 aromatic carbocycles. The molecule has 1 aromatic rings. The Hall–Kier alpha value is -1.02. The summed E-state index contributed by atoms with van der Waals surface area (Å²) in [5, 5.41) is 13.0. The van der Waals surface area contributed by atoms with Crippen molar-refractivity contribution in [3.05, 3.63) is 28.8 Å². The lowest BCUT2D eigenvalue weighted by atomic mass is 9.89. The van der Waals surface area contributed by atoms with Crippen molar-refractivity contribution < 1.29 is 5.11 Å². The SMILES string of the molecule is CNCCc1cc2c(cc1O)CCCC2. The molecular weight excluding hydrogens is 186 g/mol. The molecule has 0 saturated carbocycles. The third-order valence-electron chi connectivity index (χ3n) is 3.19. The van der Waals surface area contributed by atoms with Gasteiger partial charge in [0, 0.05) is 0 Å². The highest BCUT2D eigenvalue weighted by Gasteiger charge is 2.12. The second kappa shape index (κ2) is 4.67. The van der Waals surface area contributed by atoms with Gasteiger partial charge in [-0.2, -0.15) is 0 Å². The fraction of sp³-hybridized carbons (Fsp3) is 0.538. The molecule has 0 spiro atoms. The maximum absolute atomic E-state index is 9.87. The molecule has 2 N–H and O–H groups in total. The molecule has 0 aliphatic heterocycles. The maximum Gasteiger partial charge on any atom is 0.119 e. The Bertz CT molecular complexity index is 347. The normalized spacial score (nSPS) is 15.0. The second-order valence-corrected chi connectivity index (χ2v) is 4.31. The summed E-state index contributed by atoms with van der Waals surface area (Å²) in [6, 6.07) is 4.17. The standard InChI is InChI=1S/C13H19NO/c1-14-7-6-12-8-10-4-2-3-5-11(10)9-13(12)15/h8-9,14-15H,2-7H2,1H3. The minimum absolute atomic E-state index is 0.478. The predicted octanol–water partition coefficient (Wildman–Crippen LogP) is 2.03. The Balaban J connectivity index is 2.24. The van der Waals surface area contributed by atoms with Gasteiger partial charge < -0.3 is 10.4 Å². The molecule has 0 amide bonds. The van der Waals surface area contributed by atoms with Crippen LogP contribution in [0.15, 0.2) is 12.1 Å². The van der Waals surface area contributed by atoms with Crippen molar-refractivity contribution in [3.8, 4) is 5.75 Å². The highest BCUT2D eigenvalue weighted by molar-refractivity contribution is 5.43. The largest absolute Gasteiger partial charge is 0.508 e. The lowest BCUT2D eigenvalue weighted by Crippen LogP contribution is -2.11. The van der Waals surface area contributed by atoms with E-state index in [2.05, 4.69) is 11.4 Å². The minimum atomic E-state index is 0.478. The van der Waals surface area contributed by atoms with Crippen molar-refractivity contribution in [2.45, 2.75) is 32.1 Å². The Labute approximate surface area is 91.3 Å². The average molecular weight is 205 g/mol. The Morgan fingerprint density at radius 3 is 2.53 bits per heavy atom. The van der Waals surface area contributed by atoms with Gasteiger partial charge in [-0.1, -0.05) is 6.07 Å². The molecule has 0 bridgehead atoms. The quantitative estimate of drug-likeness (QED) is 0.791. The van der Waals surface area contributed by atoms with E-state index in [4.69, 9.17) is 0 Å². The molecule has 15 heavy (non-hydrogen) atoms. The molecule has 0 unspecified atom stereocenters. The van der Waals surface area contributed by atoms with Crippen LogP contribution in [0, 0.1) is 0 Å². The summed E-state index contributed by atoms with van der Waals surface area (Å²) in [6.07, 6.45) is 5.79. The number of hydrogen-bond donors (Lipinski definition) is 2. The van der Waals surface area contributed by atoms with E-state index in [1.54, 1.807) is 0 Å². The number of aromatic hydroxyl groups is 1. The summed E-state index contributed by atoms with van der Waals surface area (Å²) < 4.78 is 0. The monoisotopic (exact) mass is 205 g/mol. The van der Waals surface area contributed by atoms with Gasteiger partial charge in [-0.25, -0.2) is 0 Å². The van der Waals surface area contributed by atoms with Gasteiger partial charge in [0.2, 0.25) is 0 Å². The maximum atomic E-state index is 9.87. The highest BCUT2D eigenvalue weighted by Crippen LogP contribution is 2.28. The van der Waals surface area contributed by atoms with E-state index in [0.29, 0.717) is 5.75 Å². The smallest absolute Gasteiger partial charge is 0.119 e. The van der Waals surface area contributed by atoms with Crippen molar-refractivity contribution in [1.82, 2.24) is 5.32 Å². The molecule has 1 aliphatic rings. The van der Waals surface area contributed by atoms with E-state index >= 15 is 0 Å². The van der Waals surface area contributed by atoms with Gasteiger partial charge in [-0.05, 0) is 68.5 Å². The van der Waals surface area contributed by atoms with E-state index in [9.17, 15) is 5.11 Å². The summed E-state index contributed by atoms with van der Waals surface area (Å²) >= 11 is 0. The van der Waals surface area contributed by atoms with Crippen LogP contribution in [-0.2, 0) is 19.3 Å². The molecular formula is C13H19NO. The van der Waals surface area contributed by atoms with Crippen LogP contribution in [0.2, 0.25) is 0 Å². The van der Waals surface area contributed by atoms with Gasteiger partial charge in [0.05, 0.1) is 0 Å². The summed E-state index contributed by atoms with van der Waals surface area (Å²) in [6.45, 7) is 0.923. The van der Waals surface area contributed by atoms with Crippen molar-refractivity contribution in [3.63, 3.8) is 0 Å². The Kier molecular flexibility index (Phi) is 3.27. The minimum Gasteiger partial charge on any atom is -0.508 e. The van der Waals surface area contributed by atoms with Crippen molar-refractivity contribution >= 4 is 0 Å². The number of phenols is 1. The second-order valence-electron chi connectivity index (χ2n) is 4.31. The molecule has 2 heteroatoms. The van der Waals surface area contributed by atoms with Crippen LogP contribution in [-0.4, -0.2) is 18.7 Å². The summed E-state index contributed by atoms with van der Waals surface area (Å²) in [7, 11) is 1.94. The van der Waals surface area contributed by atoms with Crippen LogP contribution in [0.4, 0.5) is 0 Å². The number of likely N-dealkylation sites (N-methyl/N-ethyl adjacent to an activating group) is 1. The van der Waals surface area contributed by atoms with Gasteiger partial charge in [0.15, 0.2) is 0 Å². The number of rotatable bonds is 3. The van der Waals surface area contributed by atoms with Gasteiger partial charge in [-0.15, -0.1) is 0 Å². The first-order chi connectivity index (χ1) is 7.31. The summed E-state index contributed by atoms with van der Waals surface area (Å²) in [4.78, 5) is 0. The number of aryl methyl sites for hydroxylation is 2. The molecule has 2 nitrogen and oxygen atoms in total. The van der Waals surface area contributed by atoms with Crippen molar-refractivity contribution in [2.75, 3.05) is 13.6 Å². The topological polar surface area (TPSA) is 32.3 Å². The van der Waals surface area contributed by atoms with Gasteiger partial charge in [-0.3, -0.25) is 0 Å². The van der Waals surface area contributed by atoms with Crippen LogP contribution in [0.3, 0.4) is 0 Å². The van der Waals surface area contributed by atoms with E-state index in [-0.39, 0.29) is 0 Å². The van der Waals surface area contributed by atoms with Gasteiger partial charge >= 0.3 is 0 Å². The summed E-state index contributed by atoms with van der Waals surface area (Å²) in [5.74, 6) is 0.478. The highest BCUT2D eigenvalue weighted by atomic mass is 16.3. The first-order valence-corrected chi connectivity index (χ1v) is 5.79. The lowest BCUT2D eigenvalue weighted by molar-refractivity contribution is 0.465. The molecule has 0 aromatic heterocycles. The summed E-state index contributed by atoms with van der Waals surface area (Å²) in [5.41, 5.74) is 3.89. The van der Waals surface area contributed by atoms with E-state index in [1.165, 1.54) is 30.4 Å². The van der Waals surface area contributed by atoms with Crippen LogP contribution in [0.5, 0.6) is 5.75 Å². The van der Waals surface area contributed by atoms with Crippen LogP contribution >= 0.6 is 0 Å². The number of nitrogens with one attached hydrogen (secondary N) is 1. The lowest BCUT2D eigenvalue weighted by Gasteiger charge is -2.17. The van der Waals surface area contributed by atoms with E-state index in [1.807, 2.05) is 13.1 Å². The predicted molar refractivity (Wildman–Crippen MR) is 62.4 cm³/mol. The molecule has 1 aliphatic carbocycles. The number of fused-ring (bicyclic) bond motifs is 1. The van der Waals surface area contributed by atoms with Gasteiger partial charge in [0.25, 0.3) is 0 Å². The first-order valence-electron chi connectivity index (χ1n) is 5.79. The Morgan fingerprint density at radius 1 is 1.20 bits per heavy atom. The van der Waals surface area contributed by atoms with Crippen LogP contribution in [0.1, 0.15) is 29.5 Å². The molecule has 0 atom stereocenters. The fourth-order valence-electron chi connectivity index (χ4n) is 2.28. The zero-order chi connectivity index (χ0) is 10.7. The first kappa shape index (κ1) is 10.5.